The van der Waals surface area contributed by atoms with Gasteiger partial charge in [-0.25, -0.2) is 8.42 Å². The number of benzene rings is 1. The van der Waals surface area contributed by atoms with Crippen LogP contribution in [-0.4, -0.2) is 8.42 Å². The molecule has 68 valence electrons. The SMILES string of the molecule is Cc1ccc(S(=O)(=O)NN)cc1.[H-].[Na+]. The van der Waals surface area contributed by atoms with Crippen LogP contribution in [0.3, 0.4) is 0 Å². The molecule has 0 atom stereocenters. The number of hydrogen-bond donors (Lipinski definition) is 2. The summed E-state index contributed by atoms with van der Waals surface area (Å²) < 4.78 is 22.2. The minimum absolute atomic E-state index is 0. The third kappa shape index (κ3) is 3.38. The van der Waals surface area contributed by atoms with Crippen LogP contribution in [0.1, 0.15) is 6.99 Å². The van der Waals surface area contributed by atoms with Crippen LogP contribution in [0.5, 0.6) is 0 Å². The second-order valence-electron chi connectivity index (χ2n) is 2.43. The molecule has 0 amide bonds. The van der Waals surface area contributed by atoms with Crippen molar-refractivity contribution in [2.45, 2.75) is 11.8 Å². The topological polar surface area (TPSA) is 72.2 Å². The molecule has 0 heterocycles. The van der Waals surface area contributed by atoms with E-state index in [0.717, 1.165) is 5.56 Å². The van der Waals surface area contributed by atoms with Gasteiger partial charge in [0.2, 0.25) is 0 Å². The van der Waals surface area contributed by atoms with Crippen molar-refractivity contribution in [3.05, 3.63) is 29.8 Å². The largest absolute Gasteiger partial charge is 1.00 e. The van der Waals surface area contributed by atoms with Gasteiger partial charge in [0.1, 0.15) is 0 Å². The third-order valence-electron chi connectivity index (χ3n) is 1.49. The zero-order chi connectivity index (χ0) is 9.19. The van der Waals surface area contributed by atoms with E-state index in [1.165, 1.54) is 12.1 Å². The molecule has 6 heteroatoms. The monoisotopic (exact) mass is 210 g/mol. The second-order valence-corrected chi connectivity index (χ2v) is 4.15. The van der Waals surface area contributed by atoms with E-state index in [4.69, 9.17) is 5.84 Å². The number of sulfonamides is 1. The van der Waals surface area contributed by atoms with Crippen molar-refractivity contribution in [1.82, 2.24) is 4.83 Å². The number of hydrogen-bond acceptors (Lipinski definition) is 3. The first-order valence-electron chi connectivity index (χ1n) is 3.35. The van der Waals surface area contributed by atoms with Crippen molar-refractivity contribution < 1.29 is 39.4 Å². The predicted molar refractivity (Wildman–Crippen MR) is 46.8 cm³/mol. The van der Waals surface area contributed by atoms with E-state index in [9.17, 15) is 8.42 Å². The molecule has 0 fully saturated rings. The fourth-order valence-corrected chi connectivity index (χ4v) is 1.42. The average Bonchev–Trinajstić information content (AvgIpc) is 2.05. The molecule has 1 aromatic carbocycles. The zero-order valence-corrected chi connectivity index (χ0v) is 10.4. The van der Waals surface area contributed by atoms with E-state index < -0.39 is 10.0 Å². The Morgan fingerprint density at radius 2 is 1.77 bits per heavy atom. The molecule has 0 aliphatic carbocycles. The molecule has 0 aliphatic heterocycles. The molecule has 0 saturated carbocycles. The molecule has 1 aromatic rings. The predicted octanol–water partition coefficient (Wildman–Crippen LogP) is -2.74. The summed E-state index contributed by atoms with van der Waals surface area (Å²) in [5.41, 5.74) is 1.01. The summed E-state index contributed by atoms with van der Waals surface area (Å²) in [6, 6.07) is 6.43. The molecule has 3 N–H and O–H groups in total. The summed E-state index contributed by atoms with van der Waals surface area (Å²) in [5, 5.41) is 0. The van der Waals surface area contributed by atoms with Crippen molar-refractivity contribution in [3.63, 3.8) is 0 Å². The van der Waals surface area contributed by atoms with Crippen LogP contribution in [0.15, 0.2) is 29.2 Å². The van der Waals surface area contributed by atoms with Crippen molar-refractivity contribution >= 4 is 10.0 Å². The maximum atomic E-state index is 11.1. The summed E-state index contributed by atoms with van der Waals surface area (Å²) >= 11 is 0. The van der Waals surface area contributed by atoms with Crippen molar-refractivity contribution in [2.75, 3.05) is 0 Å². The van der Waals surface area contributed by atoms with Crippen molar-refractivity contribution in [1.29, 1.82) is 0 Å². The molecule has 13 heavy (non-hydrogen) atoms. The van der Waals surface area contributed by atoms with Crippen molar-refractivity contribution in [2.24, 2.45) is 5.84 Å². The smallest absolute Gasteiger partial charge is 1.00 e. The minimum atomic E-state index is -3.49. The Morgan fingerprint density at radius 3 is 2.15 bits per heavy atom. The van der Waals surface area contributed by atoms with E-state index in [-0.39, 0.29) is 35.9 Å². The summed E-state index contributed by atoms with van der Waals surface area (Å²) in [6.45, 7) is 1.88. The fraction of sp³-hybridized carbons (Fsp3) is 0.143. The van der Waals surface area contributed by atoms with Crippen LogP contribution in [-0.2, 0) is 10.0 Å². The third-order valence-corrected chi connectivity index (χ3v) is 2.69. The zero-order valence-electron chi connectivity index (χ0n) is 8.61. The fourth-order valence-electron chi connectivity index (χ4n) is 0.785. The average molecular weight is 210 g/mol. The number of hydrazine groups is 1. The quantitative estimate of drug-likeness (QED) is 0.316. The first kappa shape index (κ1) is 13.1. The van der Waals surface area contributed by atoms with Crippen molar-refractivity contribution in [3.8, 4) is 0 Å². The Labute approximate surface area is 101 Å². The van der Waals surface area contributed by atoms with Gasteiger partial charge in [0, 0.05) is 0 Å². The van der Waals surface area contributed by atoms with Crippen LogP contribution in [0, 0.1) is 6.92 Å². The van der Waals surface area contributed by atoms with E-state index in [2.05, 4.69) is 0 Å². The summed E-state index contributed by atoms with van der Waals surface area (Å²) in [6.07, 6.45) is 0. The maximum absolute atomic E-state index is 11.1. The molecule has 0 unspecified atom stereocenters. The van der Waals surface area contributed by atoms with Crippen LogP contribution in [0.25, 0.3) is 0 Å². The summed E-state index contributed by atoms with van der Waals surface area (Å²) in [4.78, 5) is 1.93. The van der Waals surface area contributed by atoms with Crippen LogP contribution >= 0.6 is 0 Å². The minimum Gasteiger partial charge on any atom is -1.00 e. The van der Waals surface area contributed by atoms with Crippen LogP contribution < -0.4 is 40.2 Å². The van der Waals surface area contributed by atoms with E-state index in [1.807, 2.05) is 6.92 Å². The normalized spacial score (nSPS) is 10.6. The van der Waals surface area contributed by atoms with E-state index in [0.29, 0.717) is 0 Å². The van der Waals surface area contributed by atoms with E-state index in [1.54, 1.807) is 17.0 Å². The van der Waals surface area contributed by atoms with Crippen LogP contribution in [0.2, 0.25) is 0 Å². The number of rotatable bonds is 2. The Balaban J connectivity index is 0. The van der Waals surface area contributed by atoms with Gasteiger partial charge in [-0.3, -0.25) is 5.84 Å². The summed E-state index contributed by atoms with van der Waals surface area (Å²) in [7, 11) is -3.49. The Kier molecular flexibility index (Phi) is 5.13. The van der Waals surface area contributed by atoms with Gasteiger partial charge in [0.15, 0.2) is 0 Å². The molecule has 1 rings (SSSR count). The van der Waals surface area contributed by atoms with Crippen LogP contribution in [0.4, 0.5) is 0 Å². The molecule has 0 saturated heterocycles. The maximum Gasteiger partial charge on any atom is 1.00 e. The van der Waals surface area contributed by atoms with Gasteiger partial charge in [0.05, 0.1) is 4.90 Å². The van der Waals surface area contributed by atoms with Gasteiger partial charge in [-0.1, -0.05) is 17.7 Å². The van der Waals surface area contributed by atoms with E-state index >= 15 is 0 Å². The molecular weight excluding hydrogens is 199 g/mol. The molecule has 0 aliphatic rings. The Morgan fingerprint density at radius 1 is 1.31 bits per heavy atom. The molecule has 4 nitrogen and oxygen atoms in total. The molecule has 0 spiro atoms. The molecular formula is C7H11N2NaO2S. The Bertz CT molecular complexity index is 366. The Hall–Kier alpha value is 0.0900. The number of nitrogens with one attached hydrogen (secondary N) is 1. The molecule has 0 bridgehead atoms. The standard InChI is InChI=1S/C7H10N2O2S.Na.H/c1-6-2-4-7(5-3-6)12(10,11)9-8;;/h2-5,9H,8H2,1H3;;/q;+1;-1. The first-order valence-corrected chi connectivity index (χ1v) is 4.83. The second kappa shape index (κ2) is 5.09. The van der Waals surface area contributed by atoms with Gasteiger partial charge in [-0.2, -0.15) is 4.83 Å². The summed E-state index contributed by atoms with van der Waals surface area (Å²) in [5.74, 6) is 4.84. The number of aryl methyl sites for hydroxylation is 1. The van der Waals surface area contributed by atoms with Gasteiger partial charge in [-0.15, -0.1) is 0 Å². The number of nitrogens with two attached hydrogens (primary N) is 1. The van der Waals surface area contributed by atoms with Gasteiger partial charge >= 0.3 is 29.6 Å². The van der Waals surface area contributed by atoms with Gasteiger partial charge < -0.3 is 1.43 Å². The van der Waals surface area contributed by atoms with Gasteiger partial charge in [-0.05, 0) is 19.1 Å². The van der Waals surface area contributed by atoms with Gasteiger partial charge in [0.25, 0.3) is 10.0 Å². The molecule has 0 radical (unpaired) electrons. The first-order chi connectivity index (χ1) is 5.56. The molecule has 0 aromatic heterocycles.